The highest BCUT2D eigenvalue weighted by Gasteiger charge is 2.23. The van der Waals surface area contributed by atoms with E-state index in [4.69, 9.17) is 4.89 Å². The Labute approximate surface area is 85.2 Å². The van der Waals surface area contributed by atoms with Crippen LogP contribution in [0.25, 0.3) is 0 Å². The van der Waals surface area contributed by atoms with E-state index in [9.17, 15) is 9.59 Å². The number of allylic oxidation sites excluding steroid dienone is 1. The Balaban J connectivity index is 2.17. The van der Waals surface area contributed by atoms with Gasteiger partial charge in [-0.25, -0.2) is 0 Å². The van der Waals surface area contributed by atoms with Crippen molar-refractivity contribution in [3.63, 3.8) is 0 Å². The van der Waals surface area contributed by atoms with Crippen LogP contribution in [0.4, 0.5) is 5.69 Å². The Morgan fingerprint density at radius 1 is 1.47 bits per heavy atom. The number of anilines is 1. The summed E-state index contributed by atoms with van der Waals surface area (Å²) in [7, 11) is 0. The lowest BCUT2D eigenvalue weighted by molar-refractivity contribution is -0.245. The third-order valence-corrected chi connectivity index (χ3v) is 2.11. The predicted octanol–water partition coefficient (Wildman–Crippen LogP) is 0.225. The summed E-state index contributed by atoms with van der Waals surface area (Å²) < 4.78 is 0. The summed E-state index contributed by atoms with van der Waals surface area (Å²) in [6, 6.07) is 0. The van der Waals surface area contributed by atoms with E-state index in [1.165, 1.54) is 6.26 Å². The van der Waals surface area contributed by atoms with E-state index in [-0.39, 0.29) is 0 Å². The molecule has 0 aliphatic carbocycles. The molecule has 0 amide bonds. The summed E-state index contributed by atoms with van der Waals surface area (Å²) in [6.45, 7) is 3.51. The van der Waals surface area contributed by atoms with Gasteiger partial charge in [0, 0.05) is 11.6 Å². The number of hydrogen-bond donors (Lipinski definition) is 1. The van der Waals surface area contributed by atoms with Crippen molar-refractivity contribution in [3.8, 4) is 0 Å². The third-order valence-electron chi connectivity index (χ3n) is 2.11. The summed E-state index contributed by atoms with van der Waals surface area (Å²) in [5.74, 6) is 0. The summed E-state index contributed by atoms with van der Waals surface area (Å²) in [5.41, 5.74) is -0.241. The van der Waals surface area contributed by atoms with Gasteiger partial charge < -0.3 is 10.2 Å². The second-order valence-corrected chi connectivity index (χ2v) is 3.09. The molecular weight excluding hydrogens is 198 g/mol. The van der Waals surface area contributed by atoms with E-state index in [1.807, 2.05) is 0 Å². The standard InChI is InChI=1S/C10H9NO4/c1-2-3-6-8(10(13)9(6)12)11-7-4-5-14-15-7/h2,4-5,7,11H,1,3H2/t7-/m0/s1. The molecule has 0 saturated heterocycles. The van der Waals surface area contributed by atoms with Crippen molar-refractivity contribution in [3.05, 3.63) is 51.0 Å². The lowest BCUT2D eigenvalue weighted by Crippen LogP contribution is -2.40. The Bertz CT molecular complexity index is 482. The van der Waals surface area contributed by atoms with Gasteiger partial charge in [-0.2, -0.15) is 4.89 Å². The van der Waals surface area contributed by atoms with Crippen molar-refractivity contribution in [1.29, 1.82) is 0 Å². The van der Waals surface area contributed by atoms with Gasteiger partial charge in [-0.05, 0) is 6.42 Å². The van der Waals surface area contributed by atoms with Crippen LogP contribution in [0.15, 0.2) is 34.6 Å². The van der Waals surface area contributed by atoms with Crippen LogP contribution in [-0.4, -0.2) is 6.23 Å². The molecule has 1 aromatic carbocycles. The molecule has 78 valence electrons. The minimum absolute atomic E-state index is 0.292. The highest BCUT2D eigenvalue weighted by atomic mass is 17.2. The molecule has 2 rings (SSSR count). The number of hydrogen-bond acceptors (Lipinski definition) is 5. The molecule has 0 spiro atoms. The maximum atomic E-state index is 11.2. The molecule has 0 fully saturated rings. The molecule has 1 aliphatic rings. The molecule has 1 heterocycles. The van der Waals surface area contributed by atoms with Gasteiger partial charge in [0.15, 0.2) is 6.23 Å². The van der Waals surface area contributed by atoms with Crippen LogP contribution in [0.5, 0.6) is 0 Å². The molecule has 15 heavy (non-hydrogen) atoms. The van der Waals surface area contributed by atoms with E-state index in [1.54, 1.807) is 12.2 Å². The maximum Gasteiger partial charge on any atom is 0.249 e. The first-order valence-corrected chi connectivity index (χ1v) is 4.42. The topological polar surface area (TPSA) is 64.6 Å². The first-order valence-electron chi connectivity index (χ1n) is 4.42. The zero-order valence-electron chi connectivity index (χ0n) is 7.86. The highest BCUT2D eigenvalue weighted by Crippen LogP contribution is 2.13. The van der Waals surface area contributed by atoms with Gasteiger partial charge in [-0.3, -0.25) is 9.59 Å². The van der Waals surface area contributed by atoms with Gasteiger partial charge in [-0.15, -0.1) is 6.58 Å². The summed E-state index contributed by atoms with van der Waals surface area (Å²) in [5, 5.41) is 2.76. The fourth-order valence-corrected chi connectivity index (χ4v) is 1.37. The van der Waals surface area contributed by atoms with Crippen LogP contribution in [0.3, 0.4) is 0 Å². The molecule has 1 aromatic rings. The van der Waals surface area contributed by atoms with Crippen molar-refractivity contribution < 1.29 is 9.78 Å². The minimum atomic E-state index is -0.518. The largest absolute Gasteiger partial charge is 0.350 e. The average Bonchev–Trinajstić information content (AvgIpc) is 2.75. The Morgan fingerprint density at radius 3 is 2.87 bits per heavy atom. The first kappa shape index (κ1) is 9.67. The molecule has 1 N–H and O–H groups in total. The van der Waals surface area contributed by atoms with Crippen LogP contribution in [0.1, 0.15) is 5.56 Å². The molecule has 5 nitrogen and oxygen atoms in total. The van der Waals surface area contributed by atoms with Crippen LogP contribution in [0.2, 0.25) is 0 Å². The van der Waals surface area contributed by atoms with Crippen molar-refractivity contribution >= 4 is 5.69 Å². The van der Waals surface area contributed by atoms with Crippen molar-refractivity contribution in [2.24, 2.45) is 0 Å². The monoisotopic (exact) mass is 207 g/mol. The fourth-order valence-electron chi connectivity index (χ4n) is 1.37. The average molecular weight is 207 g/mol. The minimum Gasteiger partial charge on any atom is -0.350 e. The smallest absolute Gasteiger partial charge is 0.249 e. The number of nitrogens with one attached hydrogen (secondary N) is 1. The molecule has 1 aliphatic heterocycles. The van der Waals surface area contributed by atoms with Crippen molar-refractivity contribution in [2.45, 2.75) is 12.6 Å². The molecule has 0 aromatic heterocycles. The molecule has 0 bridgehead atoms. The van der Waals surface area contributed by atoms with Crippen LogP contribution < -0.4 is 16.2 Å². The van der Waals surface area contributed by atoms with E-state index >= 15 is 0 Å². The maximum absolute atomic E-state index is 11.2. The first-order chi connectivity index (χ1) is 7.24. The quantitative estimate of drug-likeness (QED) is 0.435. The second kappa shape index (κ2) is 3.70. The summed E-state index contributed by atoms with van der Waals surface area (Å²) >= 11 is 0. The normalized spacial score (nSPS) is 19.1. The third kappa shape index (κ3) is 1.57. The van der Waals surface area contributed by atoms with Crippen LogP contribution in [-0.2, 0) is 16.2 Å². The molecule has 1 atom stereocenters. The molecule has 0 unspecified atom stereocenters. The van der Waals surface area contributed by atoms with Gasteiger partial charge in [0.25, 0.3) is 0 Å². The summed E-state index contributed by atoms with van der Waals surface area (Å²) in [4.78, 5) is 31.6. The SMILES string of the molecule is C=CCc1c(N[C@@H]2C=COO2)c(=O)c1=O. The number of rotatable bonds is 4. The molecule has 5 heteroatoms. The molecule has 0 radical (unpaired) electrons. The zero-order valence-corrected chi connectivity index (χ0v) is 7.86. The van der Waals surface area contributed by atoms with E-state index in [0.29, 0.717) is 17.7 Å². The van der Waals surface area contributed by atoms with Gasteiger partial charge in [0.1, 0.15) is 6.26 Å². The van der Waals surface area contributed by atoms with Gasteiger partial charge >= 0.3 is 0 Å². The van der Waals surface area contributed by atoms with Crippen LogP contribution in [0, 0.1) is 0 Å². The van der Waals surface area contributed by atoms with Crippen molar-refractivity contribution in [2.75, 3.05) is 5.32 Å². The van der Waals surface area contributed by atoms with E-state index in [2.05, 4.69) is 16.8 Å². The lowest BCUT2D eigenvalue weighted by atomic mass is 10.0. The zero-order chi connectivity index (χ0) is 10.8. The van der Waals surface area contributed by atoms with E-state index < -0.39 is 17.1 Å². The van der Waals surface area contributed by atoms with Gasteiger partial charge in [0.05, 0.1) is 5.69 Å². The summed E-state index contributed by atoms with van der Waals surface area (Å²) in [6.07, 6.45) is 4.38. The predicted molar refractivity (Wildman–Crippen MR) is 54.0 cm³/mol. The van der Waals surface area contributed by atoms with Crippen molar-refractivity contribution in [1.82, 2.24) is 0 Å². The van der Waals surface area contributed by atoms with Crippen LogP contribution >= 0.6 is 0 Å². The Kier molecular flexibility index (Phi) is 2.39. The Morgan fingerprint density at radius 2 is 2.27 bits per heavy atom. The fraction of sp³-hybridized carbons (Fsp3) is 0.200. The second-order valence-electron chi connectivity index (χ2n) is 3.09. The molecule has 0 saturated carbocycles. The Hall–Kier alpha value is -1.88. The van der Waals surface area contributed by atoms with E-state index in [0.717, 1.165) is 0 Å². The highest BCUT2D eigenvalue weighted by molar-refractivity contribution is 5.57. The van der Waals surface area contributed by atoms with Gasteiger partial charge in [-0.1, -0.05) is 6.08 Å². The van der Waals surface area contributed by atoms with Gasteiger partial charge in [0.2, 0.25) is 10.9 Å². The molecular formula is C10H9NO4. The lowest BCUT2D eigenvalue weighted by Gasteiger charge is -2.14.